The Balaban J connectivity index is 2.11. The van der Waals surface area contributed by atoms with Crippen LogP contribution < -0.4 is 5.32 Å². The maximum Gasteiger partial charge on any atom is 0.293 e. The number of anilines is 1. The highest BCUT2D eigenvalue weighted by Gasteiger charge is 2.25. The Morgan fingerprint density at radius 3 is 2.48 bits per heavy atom. The summed E-state index contributed by atoms with van der Waals surface area (Å²) in [4.78, 5) is 25.2. The minimum absolute atomic E-state index is 0.0539. The molecule has 2 atom stereocenters. The van der Waals surface area contributed by atoms with Crippen molar-refractivity contribution in [2.75, 3.05) is 25.0 Å². The van der Waals surface area contributed by atoms with E-state index in [0.29, 0.717) is 17.5 Å². The Hall–Kier alpha value is -1.95. The summed E-state index contributed by atoms with van der Waals surface area (Å²) >= 11 is 0. The lowest BCUT2D eigenvalue weighted by atomic mass is 9.92. The van der Waals surface area contributed by atoms with Gasteiger partial charge in [0.2, 0.25) is 5.91 Å². The van der Waals surface area contributed by atoms with Gasteiger partial charge in [-0.2, -0.15) is 0 Å². The number of benzene rings is 1. The summed E-state index contributed by atoms with van der Waals surface area (Å²) in [6.07, 6.45) is 1.18. The van der Waals surface area contributed by atoms with E-state index >= 15 is 0 Å². The van der Waals surface area contributed by atoms with Gasteiger partial charge in [0.15, 0.2) is 0 Å². The molecule has 6 heteroatoms. The second-order valence-corrected chi connectivity index (χ2v) is 6.85. The molecular weight excluding hydrogens is 294 g/mol. The van der Waals surface area contributed by atoms with Crippen LogP contribution in [-0.4, -0.2) is 35.4 Å². The van der Waals surface area contributed by atoms with Crippen LogP contribution >= 0.6 is 0 Å². The van der Waals surface area contributed by atoms with Crippen LogP contribution in [0.1, 0.15) is 31.4 Å². The fourth-order valence-corrected chi connectivity index (χ4v) is 3.41. The molecule has 6 nitrogen and oxygen atoms in total. The second kappa shape index (κ2) is 7.08. The first-order chi connectivity index (χ1) is 10.8. The standard InChI is InChI=1S/C17H25N3O3/c1-11-7-12(2)9-19(8-11)10-16(21)18-17-14(4)13(3)5-6-15(17)20(22)23/h5-6,11-12H,7-10H2,1-4H3,(H,18,21)/t11-,12-/m1/s1. The molecular formula is C17H25N3O3. The minimum atomic E-state index is -0.451. The lowest BCUT2D eigenvalue weighted by Gasteiger charge is -2.34. The molecule has 1 heterocycles. The first-order valence-corrected chi connectivity index (χ1v) is 8.04. The van der Waals surface area contributed by atoms with Crippen molar-refractivity contribution in [3.63, 3.8) is 0 Å². The van der Waals surface area contributed by atoms with Crippen LogP contribution in [0.5, 0.6) is 0 Å². The molecule has 126 valence electrons. The van der Waals surface area contributed by atoms with E-state index in [1.165, 1.54) is 12.5 Å². The zero-order valence-corrected chi connectivity index (χ0v) is 14.3. The molecule has 0 aromatic heterocycles. The number of piperidine rings is 1. The predicted molar refractivity (Wildman–Crippen MR) is 90.6 cm³/mol. The molecule has 1 aromatic carbocycles. The summed E-state index contributed by atoms with van der Waals surface area (Å²) in [5, 5.41) is 13.9. The Kier molecular flexibility index (Phi) is 5.36. The van der Waals surface area contributed by atoms with E-state index in [1.54, 1.807) is 13.0 Å². The molecule has 1 N–H and O–H groups in total. The van der Waals surface area contributed by atoms with Crippen molar-refractivity contribution in [3.05, 3.63) is 33.4 Å². The number of carbonyl (C=O) groups is 1. The first-order valence-electron chi connectivity index (χ1n) is 8.04. The van der Waals surface area contributed by atoms with Crippen molar-refractivity contribution in [2.45, 2.75) is 34.1 Å². The van der Waals surface area contributed by atoms with Gasteiger partial charge in [0.1, 0.15) is 5.69 Å². The van der Waals surface area contributed by atoms with E-state index in [4.69, 9.17) is 0 Å². The number of rotatable bonds is 4. The topological polar surface area (TPSA) is 75.5 Å². The van der Waals surface area contributed by atoms with Gasteiger partial charge in [-0.1, -0.05) is 19.9 Å². The number of likely N-dealkylation sites (tertiary alicyclic amines) is 1. The number of aryl methyl sites for hydroxylation is 1. The van der Waals surface area contributed by atoms with E-state index < -0.39 is 4.92 Å². The van der Waals surface area contributed by atoms with Crippen LogP contribution in [0, 0.1) is 35.8 Å². The van der Waals surface area contributed by atoms with E-state index in [0.717, 1.165) is 24.2 Å². The van der Waals surface area contributed by atoms with Crippen LogP contribution in [0.25, 0.3) is 0 Å². The number of amides is 1. The lowest BCUT2D eigenvalue weighted by Crippen LogP contribution is -2.42. The van der Waals surface area contributed by atoms with Gasteiger partial charge >= 0.3 is 0 Å². The molecule has 1 aliphatic heterocycles. The lowest BCUT2D eigenvalue weighted by molar-refractivity contribution is -0.384. The van der Waals surface area contributed by atoms with E-state index in [-0.39, 0.29) is 18.1 Å². The van der Waals surface area contributed by atoms with Gasteiger partial charge in [-0.25, -0.2) is 0 Å². The van der Waals surface area contributed by atoms with Crippen molar-refractivity contribution in [1.82, 2.24) is 4.90 Å². The Bertz CT molecular complexity index is 605. The SMILES string of the molecule is Cc1ccc([N+](=O)[O-])c(NC(=O)CN2C[C@H](C)C[C@@H](C)C2)c1C. The molecule has 23 heavy (non-hydrogen) atoms. The number of hydrogen-bond donors (Lipinski definition) is 1. The third-order valence-electron chi connectivity index (χ3n) is 4.49. The maximum absolute atomic E-state index is 12.4. The average molecular weight is 319 g/mol. The number of nitro groups is 1. The van der Waals surface area contributed by atoms with Gasteiger partial charge in [0, 0.05) is 19.2 Å². The molecule has 0 spiro atoms. The molecule has 1 aromatic rings. The smallest absolute Gasteiger partial charge is 0.293 e. The fraction of sp³-hybridized carbons (Fsp3) is 0.588. The molecule has 0 radical (unpaired) electrons. The maximum atomic E-state index is 12.4. The Morgan fingerprint density at radius 2 is 1.91 bits per heavy atom. The quantitative estimate of drug-likeness (QED) is 0.683. The second-order valence-electron chi connectivity index (χ2n) is 6.85. The Labute approximate surface area is 137 Å². The third-order valence-corrected chi connectivity index (χ3v) is 4.49. The third kappa shape index (κ3) is 4.28. The summed E-state index contributed by atoms with van der Waals surface area (Å²) in [5.74, 6) is 0.950. The zero-order valence-electron chi connectivity index (χ0n) is 14.3. The van der Waals surface area contributed by atoms with Crippen LogP contribution in [-0.2, 0) is 4.79 Å². The monoisotopic (exact) mass is 319 g/mol. The molecule has 0 aliphatic carbocycles. The van der Waals surface area contributed by atoms with E-state index in [1.807, 2.05) is 6.92 Å². The molecule has 0 saturated carbocycles. The number of carbonyl (C=O) groups excluding carboxylic acids is 1. The van der Waals surface area contributed by atoms with Gasteiger partial charge < -0.3 is 5.32 Å². The van der Waals surface area contributed by atoms with Crippen molar-refractivity contribution >= 4 is 17.3 Å². The number of nitrogens with zero attached hydrogens (tertiary/aromatic N) is 2. The van der Waals surface area contributed by atoms with Crippen molar-refractivity contribution in [3.8, 4) is 0 Å². The van der Waals surface area contributed by atoms with Crippen molar-refractivity contribution in [1.29, 1.82) is 0 Å². The summed E-state index contributed by atoms with van der Waals surface area (Å²) in [6.45, 7) is 10.1. The molecule has 1 fully saturated rings. The van der Waals surface area contributed by atoms with Gasteiger partial charge in [0.05, 0.1) is 11.5 Å². The van der Waals surface area contributed by atoms with Gasteiger partial charge in [-0.3, -0.25) is 19.8 Å². The van der Waals surface area contributed by atoms with Crippen molar-refractivity contribution < 1.29 is 9.72 Å². The molecule has 1 aliphatic rings. The van der Waals surface area contributed by atoms with Crippen LogP contribution in [0.4, 0.5) is 11.4 Å². The average Bonchev–Trinajstić information content (AvgIpc) is 2.42. The number of hydrogen-bond acceptors (Lipinski definition) is 4. The minimum Gasteiger partial charge on any atom is -0.319 e. The molecule has 0 bridgehead atoms. The van der Waals surface area contributed by atoms with Crippen LogP contribution in [0.3, 0.4) is 0 Å². The summed E-state index contributed by atoms with van der Waals surface area (Å²) < 4.78 is 0. The highest BCUT2D eigenvalue weighted by Crippen LogP contribution is 2.30. The van der Waals surface area contributed by atoms with Crippen molar-refractivity contribution in [2.24, 2.45) is 11.8 Å². The van der Waals surface area contributed by atoms with E-state index in [9.17, 15) is 14.9 Å². The predicted octanol–water partition coefficient (Wildman–Crippen LogP) is 3.13. The Morgan fingerprint density at radius 1 is 1.30 bits per heavy atom. The number of nitrogens with one attached hydrogen (secondary N) is 1. The zero-order chi connectivity index (χ0) is 17.1. The number of nitro benzene ring substituents is 1. The highest BCUT2D eigenvalue weighted by molar-refractivity contribution is 5.95. The molecule has 0 unspecified atom stereocenters. The van der Waals surface area contributed by atoms with Crippen LogP contribution in [0.15, 0.2) is 12.1 Å². The molecule has 1 saturated heterocycles. The van der Waals surface area contributed by atoms with E-state index in [2.05, 4.69) is 24.1 Å². The largest absolute Gasteiger partial charge is 0.319 e. The summed E-state index contributed by atoms with van der Waals surface area (Å²) in [6, 6.07) is 3.15. The summed E-state index contributed by atoms with van der Waals surface area (Å²) in [5.41, 5.74) is 1.93. The fourth-order valence-electron chi connectivity index (χ4n) is 3.41. The normalized spacial score (nSPS) is 21.9. The van der Waals surface area contributed by atoms with Gasteiger partial charge in [-0.05, 0) is 43.2 Å². The first kappa shape index (κ1) is 17.4. The van der Waals surface area contributed by atoms with Gasteiger partial charge in [-0.15, -0.1) is 0 Å². The van der Waals surface area contributed by atoms with Gasteiger partial charge in [0.25, 0.3) is 5.69 Å². The molecule has 2 rings (SSSR count). The highest BCUT2D eigenvalue weighted by atomic mass is 16.6. The molecule has 1 amide bonds. The van der Waals surface area contributed by atoms with Crippen LogP contribution in [0.2, 0.25) is 0 Å². The summed E-state index contributed by atoms with van der Waals surface area (Å²) in [7, 11) is 0.